The maximum absolute atomic E-state index is 13.8. The molecule has 3 aromatic carbocycles. The lowest BCUT2D eigenvalue weighted by Gasteiger charge is -2.31. The monoisotopic (exact) mass is 736 g/mol. The summed E-state index contributed by atoms with van der Waals surface area (Å²) in [7, 11) is 0. The van der Waals surface area contributed by atoms with Crippen LogP contribution in [0.5, 0.6) is 0 Å². The van der Waals surface area contributed by atoms with Gasteiger partial charge in [-0.1, -0.05) is 61.7 Å². The van der Waals surface area contributed by atoms with Crippen LogP contribution >= 0.6 is 0 Å². The zero-order valence-electron chi connectivity index (χ0n) is 29.1. The molecular formula is C39H40F4N4O6. The molecule has 3 aliphatic rings. The molecule has 53 heavy (non-hydrogen) atoms. The molecule has 1 heterocycles. The Balaban J connectivity index is 1.02. The molecule has 0 bridgehead atoms. The number of fused-ring (bicyclic) bond motifs is 2. The van der Waals surface area contributed by atoms with Crippen molar-refractivity contribution in [2.24, 2.45) is 5.92 Å². The zero-order valence-corrected chi connectivity index (χ0v) is 29.1. The molecule has 2 fully saturated rings. The van der Waals surface area contributed by atoms with E-state index in [1.165, 1.54) is 18.6 Å². The maximum Gasteiger partial charge on any atom is 0.418 e. The average Bonchev–Trinajstić information content (AvgIpc) is 3.59. The largest absolute Gasteiger partial charge is 0.427 e. The quantitative estimate of drug-likeness (QED) is 0.145. The predicted octanol–water partition coefficient (Wildman–Crippen LogP) is 6.42. The number of anilines is 1. The number of ether oxygens (including phenoxy) is 1. The smallest absolute Gasteiger partial charge is 0.418 e. The number of hydrogen-bond acceptors (Lipinski definition) is 7. The van der Waals surface area contributed by atoms with Crippen molar-refractivity contribution in [3.63, 3.8) is 0 Å². The first-order valence-electron chi connectivity index (χ1n) is 17.6. The third kappa shape index (κ3) is 8.36. The Bertz CT molecular complexity index is 1880. The number of benzene rings is 3. The van der Waals surface area contributed by atoms with Crippen molar-refractivity contribution in [3.8, 4) is 0 Å². The van der Waals surface area contributed by atoms with E-state index in [1.54, 1.807) is 30.3 Å². The Labute approximate surface area is 303 Å². The second kappa shape index (κ2) is 15.4. The van der Waals surface area contributed by atoms with Gasteiger partial charge in [-0.25, -0.2) is 14.1 Å². The zero-order chi connectivity index (χ0) is 37.9. The molecule has 1 aliphatic heterocycles. The van der Waals surface area contributed by atoms with Crippen molar-refractivity contribution in [3.05, 3.63) is 100 Å². The highest BCUT2D eigenvalue weighted by Gasteiger charge is 2.58. The van der Waals surface area contributed by atoms with Gasteiger partial charge in [-0.05, 0) is 60.2 Å². The fourth-order valence-corrected chi connectivity index (χ4v) is 6.89. The van der Waals surface area contributed by atoms with Crippen LogP contribution in [0.15, 0.2) is 66.7 Å². The Hall–Kier alpha value is -5.27. The lowest BCUT2D eigenvalue weighted by molar-refractivity contribution is -0.187. The summed E-state index contributed by atoms with van der Waals surface area (Å²) in [6.07, 6.45) is -1.35. The van der Waals surface area contributed by atoms with Crippen LogP contribution in [0.25, 0.3) is 0 Å². The van der Waals surface area contributed by atoms with Crippen LogP contribution in [0.2, 0.25) is 0 Å². The van der Waals surface area contributed by atoms with Gasteiger partial charge in [0.05, 0.1) is 0 Å². The first-order chi connectivity index (χ1) is 25.2. The number of imide groups is 1. The normalized spacial score (nSPS) is 18.7. The molecule has 6 rings (SSSR count). The number of rotatable bonds is 14. The van der Waals surface area contributed by atoms with Gasteiger partial charge in [-0.2, -0.15) is 13.2 Å². The van der Waals surface area contributed by atoms with E-state index in [0.29, 0.717) is 64.0 Å². The van der Waals surface area contributed by atoms with Crippen LogP contribution in [0.4, 0.5) is 28.0 Å². The number of alkyl halides is 3. The van der Waals surface area contributed by atoms with Crippen LogP contribution in [0, 0.1) is 11.7 Å². The number of hydrogen-bond donors (Lipinski definition) is 2. The highest BCUT2D eigenvalue weighted by molar-refractivity contribution is 6.06. The summed E-state index contributed by atoms with van der Waals surface area (Å²) in [4.78, 5) is 65.9. The molecule has 14 heteroatoms. The number of nitrogens with zero attached hydrogens (tertiary/aromatic N) is 2. The molecule has 280 valence electrons. The van der Waals surface area contributed by atoms with Crippen molar-refractivity contribution in [1.82, 2.24) is 15.1 Å². The van der Waals surface area contributed by atoms with Crippen molar-refractivity contribution < 1.29 is 46.3 Å². The summed E-state index contributed by atoms with van der Waals surface area (Å²) in [5.41, 5.74) is 1.85. The van der Waals surface area contributed by atoms with Gasteiger partial charge in [0.1, 0.15) is 18.4 Å². The third-order valence-electron chi connectivity index (χ3n) is 10.3. The summed E-state index contributed by atoms with van der Waals surface area (Å²) in [5.74, 6) is -2.11. The second-order valence-electron chi connectivity index (χ2n) is 13.9. The number of nitrogens with one attached hydrogen (secondary N) is 2. The summed E-state index contributed by atoms with van der Waals surface area (Å²) >= 11 is 0. The van der Waals surface area contributed by atoms with E-state index >= 15 is 0 Å². The number of Topliss-reactive ketones (excluding diaryl/α,β-unsaturated/α-hetero) is 1. The van der Waals surface area contributed by atoms with E-state index in [4.69, 9.17) is 4.74 Å². The number of amides is 4. The Morgan fingerprint density at radius 2 is 1.70 bits per heavy atom. The Morgan fingerprint density at radius 3 is 2.36 bits per heavy atom. The maximum atomic E-state index is 13.8. The molecule has 1 saturated carbocycles. The van der Waals surface area contributed by atoms with Crippen LogP contribution < -0.4 is 10.6 Å². The Morgan fingerprint density at radius 1 is 1.00 bits per heavy atom. The lowest BCUT2D eigenvalue weighted by atomic mass is 9.81. The van der Waals surface area contributed by atoms with Crippen LogP contribution in [0.1, 0.15) is 78.1 Å². The van der Waals surface area contributed by atoms with E-state index in [9.17, 15) is 41.5 Å². The van der Waals surface area contributed by atoms with Crippen LogP contribution in [0.3, 0.4) is 0 Å². The van der Waals surface area contributed by atoms with Crippen molar-refractivity contribution in [1.29, 1.82) is 0 Å². The van der Waals surface area contributed by atoms with E-state index in [1.807, 2.05) is 12.1 Å². The van der Waals surface area contributed by atoms with Gasteiger partial charge in [-0.3, -0.25) is 19.2 Å². The van der Waals surface area contributed by atoms with Crippen molar-refractivity contribution in [2.45, 2.75) is 82.8 Å². The molecular weight excluding hydrogens is 696 g/mol. The number of carbonyl (C=O) groups is 5. The molecule has 3 aromatic rings. The van der Waals surface area contributed by atoms with E-state index in [-0.39, 0.29) is 30.1 Å². The number of aryl methyl sites for hydroxylation is 1. The molecule has 2 atom stereocenters. The van der Waals surface area contributed by atoms with Gasteiger partial charge >= 0.3 is 12.3 Å². The van der Waals surface area contributed by atoms with Gasteiger partial charge in [0.2, 0.25) is 17.4 Å². The topological polar surface area (TPSA) is 125 Å². The van der Waals surface area contributed by atoms with Gasteiger partial charge in [-0.15, -0.1) is 0 Å². The summed E-state index contributed by atoms with van der Waals surface area (Å²) < 4.78 is 60.2. The predicted molar refractivity (Wildman–Crippen MR) is 185 cm³/mol. The van der Waals surface area contributed by atoms with Gasteiger partial charge in [0.25, 0.3) is 5.91 Å². The second-order valence-corrected chi connectivity index (χ2v) is 13.9. The van der Waals surface area contributed by atoms with Crippen molar-refractivity contribution in [2.75, 3.05) is 18.4 Å². The molecule has 2 aliphatic carbocycles. The summed E-state index contributed by atoms with van der Waals surface area (Å²) in [5, 5.41) is 6.05. The highest BCUT2D eigenvalue weighted by atomic mass is 19.4. The highest BCUT2D eigenvalue weighted by Crippen LogP contribution is 2.46. The minimum Gasteiger partial charge on any atom is -0.427 e. The minimum atomic E-state index is -4.81. The number of halogens is 4. The molecule has 10 nitrogen and oxygen atoms in total. The molecule has 0 unspecified atom stereocenters. The van der Waals surface area contributed by atoms with E-state index in [2.05, 4.69) is 10.6 Å². The minimum absolute atomic E-state index is 0.0807. The van der Waals surface area contributed by atoms with Gasteiger partial charge in [0.15, 0.2) is 5.78 Å². The molecule has 1 saturated heterocycles. The van der Waals surface area contributed by atoms with Gasteiger partial charge < -0.3 is 20.3 Å². The fraction of sp³-hybridized carbons (Fsp3) is 0.410. The molecule has 2 N–H and O–H groups in total. The Kier molecular flexibility index (Phi) is 10.9. The van der Waals surface area contributed by atoms with Crippen LogP contribution in [-0.4, -0.2) is 64.7 Å². The average molecular weight is 737 g/mol. The van der Waals surface area contributed by atoms with E-state index in [0.717, 1.165) is 37.5 Å². The van der Waals surface area contributed by atoms with Gasteiger partial charge in [0, 0.05) is 55.7 Å². The molecule has 4 amide bonds. The fourth-order valence-electron chi connectivity index (χ4n) is 6.89. The number of ketones is 1. The lowest BCUT2D eigenvalue weighted by Crippen LogP contribution is -2.51. The number of carbonyl (C=O) groups excluding carboxylic acids is 5. The molecule has 0 radical (unpaired) electrons. The standard InChI is InChI=1S/C39H40F4N4O6/c1-24(39(41,42)43)46(22-27-7-11-30(40)12-8-27)35(50)23-47-36(51)38(53-37(47)52)17-15-29-20-31(13-14-32(29)38)44-18-16-34(49)45-21-26-5-9-28(10-6-26)33(48)19-25-3-2-4-25/h5-14,20,24-25,44H,2-4,15-19,21-23H2,1H3,(H,45,49)/t24-,38+/m0/s1. The summed E-state index contributed by atoms with van der Waals surface area (Å²) in [6, 6.07) is 14.7. The first kappa shape index (κ1) is 37.5. The van der Waals surface area contributed by atoms with Crippen LogP contribution in [-0.2, 0) is 44.2 Å². The van der Waals surface area contributed by atoms with E-state index < -0.39 is 54.6 Å². The first-order valence-corrected chi connectivity index (χ1v) is 17.6. The molecule has 1 spiro atoms. The third-order valence-corrected chi connectivity index (χ3v) is 10.3. The summed E-state index contributed by atoms with van der Waals surface area (Å²) in [6.45, 7) is -0.0818. The van der Waals surface area contributed by atoms with Crippen molar-refractivity contribution >= 4 is 35.3 Å². The molecule has 0 aromatic heterocycles. The SMILES string of the molecule is C[C@H](N(Cc1ccc(F)cc1)C(=O)CN1C(=O)O[C@@]2(CCc3cc(NCCC(=O)NCc4ccc(C(=O)CC5CCC5)cc4)ccc32)C1=O)C(F)(F)F.